The lowest BCUT2D eigenvalue weighted by Crippen LogP contribution is -2.54. The van der Waals surface area contributed by atoms with Crippen molar-refractivity contribution in [1.82, 2.24) is 23.5 Å². The molecule has 4 aromatic rings. The van der Waals surface area contributed by atoms with E-state index in [-0.39, 0.29) is 60.2 Å². The number of aromatic nitrogens is 5. The Morgan fingerprint density at radius 3 is 2.43 bits per heavy atom. The molecule has 0 bridgehead atoms. The number of phenolic OH excluding ortho intramolecular Hbond substituents is 1. The minimum Gasteiger partial charge on any atom is -0.504 e. The number of carbonyl (C=O) groups is 2. The Morgan fingerprint density at radius 2 is 1.73 bits per heavy atom. The maximum absolute atomic E-state index is 14.2. The normalized spacial score (nSPS) is 22.5. The van der Waals surface area contributed by atoms with Crippen molar-refractivity contribution in [3.05, 3.63) is 96.2 Å². The van der Waals surface area contributed by atoms with Crippen LogP contribution in [-0.4, -0.2) is 61.0 Å². The van der Waals surface area contributed by atoms with Gasteiger partial charge in [0.1, 0.15) is 5.69 Å². The van der Waals surface area contributed by atoms with Gasteiger partial charge in [0.05, 0.1) is 49.9 Å². The summed E-state index contributed by atoms with van der Waals surface area (Å²) in [6.45, 7) is 5.45. The average Bonchev–Trinajstić information content (AvgIpc) is 3.36. The summed E-state index contributed by atoms with van der Waals surface area (Å²) in [6, 6.07) is 7.49. The lowest BCUT2D eigenvalue weighted by Gasteiger charge is -2.52. The van der Waals surface area contributed by atoms with Gasteiger partial charge < -0.3 is 23.9 Å². The predicted molar refractivity (Wildman–Crippen MR) is 186 cm³/mol. The summed E-state index contributed by atoms with van der Waals surface area (Å²) >= 11 is 0. The maximum atomic E-state index is 14.2. The van der Waals surface area contributed by atoms with Gasteiger partial charge in [0.25, 0.3) is 5.56 Å². The molecule has 1 fully saturated rings. The van der Waals surface area contributed by atoms with E-state index in [0.717, 1.165) is 10.1 Å². The first-order valence-electron chi connectivity index (χ1n) is 16.8. The second-order valence-electron chi connectivity index (χ2n) is 13.5. The van der Waals surface area contributed by atoms with Crippen LogP contribution in [-0.2, 0) is 36.1 Å². The molecule has 51 heavy (non-hydrogen) atoms. The van der Waals surface area contributed by atoms with Gasteiger partial charge in [-0.1, -0.05) is 19.1 Å². The highest BCUT2D eigenvalue weighted by atomic mass is 16.5. The molecule has 4 unspecified atom stereocenters. The van der Waals surface area contributed by atoms with Gasteiger partial charge in [0.2, 0.25) is 0 Å². The molecule has 14 heteroatoms. The van der Waals surface area contributed by atoms with Crippen LogP contribution in [0.15, 0.2) is 68.0 Å². The molecule has 2 aromatic heterocycles. The Bertz CT molecular complexity index is 2390. The SMILES string of the molecule is CCOc1cc(C2C3=CCn4c(=O)n(CCc5nc6cc(OC)c(OC)cc6n(C)c5=O)c(=O)n4C3CC3C(=O)C=C(C)C(=O)C32C)ccc1O. The molecule has 7 rings (SSSR count). The second-order valence-corrected chi connectivity index (χ2v) is 13.5. The Labute approximate surface area is 291 Å². The van der Waals surface area contributed by atoms with Crippen LogP contribution in [0.25, 0.3) is 11.0 Å². The number of benzene rings is 2. The van der Waals surface area contributed by atoms with Crippen molar-refractivity contribution in [3.63, 3.8) is 0 Å². The van der Waals surface area contributed by atoms with Crippen molar-refractivity contribution >= 4 is 22.6 Å². The van der Waals surface area contributed by atoms with E-state index in [1.165, 1.54) is 40.3 Å². The lowest BCUT2D eigenvalue weighted by atomic mass is 9.51. The number of carbonyl (C=O) groups excluding carboxylic acids is 2. The Kier molecular flexibility index (Phi) is 8.15. The fourth-order valence-corrected chi connectivity index (χ4v) is 8.35. The van der Waals surface area contributed by atoms with E-state index in [2.05, 4.69) is 4.98 Å². The van der Waals surface area contributed by atoms with Crippen LogP contribution in [0.1, 0.15) is 50.4 Å². The molecular formula is C37H39N5O9. The molecule has 1 aliphatic heterocycles. The van der Waals surface area contributed by atoms with E-state index < -0.39 is 34.7 Å². The van der Waals surface area contributed by atoms with E-state index in [0.29, 0.717) is 40.3 Å². The average molecular weight is 698 g/mol. The zero-order chi connectivity index (χ0) is 36.5. The van der Waals surface area contributed by atoms with E-state index in [9.17, 15) is 29.1 Å². The quantitative estimate of drug-likeness (QED) is 0.271. The molecule has 1 saturated carbocycles. The fourth-order valence-electron chi connectivity index (χ4n) is 8.35. The third-order valence-corrected chi connectivity index (χ3v) is 10.8. The smallest absolute Gasteiger partial charge is 0.347 e. The minimum absolute atomic E-state index is 0.00480. The number of aryl methyl sites for hydroxylation is 2. The lowest BCUT2D eigenvalue weighted by molar-refractivity contribution is -0.139. The Morgan fingerprint density at radius 1 is 1.00 bits per heavy atom. The number of aromatic hydroxyl groups is 1. The summed E-state index contributed by atoms with van der Waals surface area (Å²) < 4.78 is 21.7. The first-order chi connectivity index (χ1) is 24.3. The van der Waals surface area contributed by atoms with Crippen molar-refractivity contribution in [2.75, 3.05) is 20.8 Å². The molecule has 0 amide bonds. The minimum atomic E-state index is -1.19. The van der Waals surface area contributed by atoms with Crippen LogP contribution in [0.5, 0.6) is 23.0 Å². The van der Waals surface area contributed by atoms with Crippen molar-refractivity contribution < 1.29 is 28.9 Å². The zero-order valence-electron chi connectivity index (χ0n) is 29.3. The number of nitrogens with zero attached hydrogens (tertiary/aromatic N) is 5. The number of methoxy groups -OCH3 is 2. The monoisotopic (exact) mass is 697 g/mol. The highest BCUT2D eigenvalue weighted by Gasteiger charge is 2.59. The largest absolute Gasteiger partial charge is 0.504 e. The first-order valence-corrected chi connectivity index (χ1v) is 16.8. The second kappa shape index (κ2) is 12.3. The molecule has 14 nitrogen and oxygen atoms in total. The third-order valence-electron chi connectivity index (χ3n) is 10.8. The number of Topliss-reactive ketones (excluding diaryl/α,β-unsaturated/α-hetero) is 1. The molecule has 2 aromatic carbocycles. The van der Waals surface area contributed by atoms with Crippen LogP contribution in [0.4, 0.5) is 0 Å². The van der Waals surface area contributed by atoms with Crippen LogP contribution in [0.3, 0.4) is 0 Å². The van der Waals surface area contributed by atoms with Gasteiger partial charge >= 0.3 is 11.4 Å². The predicted octanol–water partition coefficient (Wildman–Crippen LogP) is 2.81. The summed E-state index contributed by atoms with van der Waals surface area (Å²) in [6.07, 6.45) is 3.36. The summed E-state index contributed by atoms with van der Waals surface area (Å²) in [4.78, 5) is 73.7. The standard InChI is InChI=1S/C37H39N5O9/c1-7-51-29-15-20(8-9-27(29)43)32-21-10-13-41-35(47)40(36(48)42(41)25(21)16-22-28(44)14-19(2)33(45)37(22,32)3)12-11-23-34(46)39(4)26-18-31(50-6)30(49-5)17-24(26)38-23/h8-10,14-15,17-18,22,25,32,43H,7,11-13,16H2,1-6H3. The van der Waals surface area contributed by atoms with Gasteiger partial charge in [-0.15, -0.1) is 0 Å². The number of ether oxygens (including phenoxy) is 3. The molecule has 3 heterocycles. The number of fused-ring (bicyclic) bond motifs is 5. The van der Waals surface area contributed by atoms with Crippen molar-refractivity contribution in [3.8, 4) is 23.0 Å². The third kappa shape index (κ3) is 4.98. The first kappa shape index (κ1) is 33.8. The van der Waals surface area contributed by atoms with Gasteiger partial charge in [0, 0.05) is 44.0 Å². The van der Waals surface area contributed by atoms with Gasteiger partial charge in [0.15, 0.2) is 34.6 Å². The highest BCUT2D eigenvalue weighted by molar-refractivity contribution is 6.13. The molecular weight excluding hydrogens is 658 g/mol. The summed E-state index contributed by atoms with van der Waals surface area (Å²) in [5, 5.41) is 10.5. The van der Waals surface area contributed by atoms with Gasteiger partial charge in [-0.25, -0.2) is 28.5 Å². The summed E-state index contributed by atoms with van der Waals surface area (Å²) in [5.74, 6) is -0.793. The van der Waals surface area contributed by atoms with E-state index in [1.807, 2.05) is 6.08 Å². The molecule has 266 valence electrons. The number of hydrogen-bond donors (Lipinski definition) is 1. The maximum Gasteiger partial charge on any atom is 0.347 e. The molecule has 4 atom stereocenters. The summed E-state index contributed by atoms with van der Waals surface area (Å²) in [5.41, 5.74) is 0.169. The van der Waals surface area contributed by atoms with Crippen LogP contribution in [0.2, 0.25) is 0 Å². The molecule has 0 spiro atoms. The molecule has 2 aliphatic carbocycles. The molecule has 0 radical (unpaired) electrons. The van der Waals surface area contributed by atoms with Crippen molar-refractivity contribution in [1.29, 1.82) is 0 Å². The van der Waals surface area contributed by atoms with Crippen LogP contribution >= 0.6 is 0 Å². The molecule has 1 N–H and O–H groups in total. The Balaban J connectivity index is 1.30. The number of ketones is 2. The van der Waals surface area contributed by atoms with Crippen LogP contribution < -0.4 is 31.1 Å². The Hall–Kier alpha value is -5.66. The number of allylic oxidation sites excluding steroid dienone is 4. The highest BCUT2D eigenvalue weighted by Crippen LogP contribution is 2.60. The van der Waals surface area contributed by atoms with E-state index in [4.69, 9.17) is 14.2 Å². The zero-order valence-corrected chi connectivity index (χ0v) is 29.3. The molecule has 3 aliphatic rings. The van der Waals surface area contributed by atoms with Gasteiger partial charge in [-0.3, -0.25) is 14.4 Å². The van der Waals surface area contributed by atoms with E-state index >= 15 is 0 Å². The number of phenols is 1. The fraction of sp³-hybridized carbons (Fsp3) is 0.405. The number of hydrogen-bond acceptors (Lipinski definition) is 10. The van der Waals surface area contributed by atoms with Gasteiger partial charge in [-0.05, 0) is 55.2 Å². The topological polar surface area (TPSA) is 166 Å². The van der Waals surface area contributed by atoms with E-state index in [1.54, 1.807) is 52.1 Å². The molecule has 0 saturated heterocycles. The number of rotatable bonds is 8. The van der Waals surface area contributed by atoms with Crippen molar-refractivity contribution in [2.45, 2.75) is 58.7 Å². The van der Waals surface area contributed by atoms with Crippen LogP contribution in [0, 0.1) is 11.3 Å². The summed E-state index contributed by atoms with van der Waals surface area (Å²) in [7, 11) is 4.61. The van der Waals surface area contributed by atoms with Gasteiger partial charge in [-0.2, -0.15) is 0 Å². The van der Waals surface area contributed by atoms with Crippen molar-refractivity contribution in [2.24, 2.45) is 18.4 Å².